The number of esters is 4. The average Bonchev–Trinajstić information content (AvgIpc) is 0.935. The molecule has 100 heavy (non-hydrogen) atoms. The maximum atomic E-state index is 13.1. The maximum Gasteiger partial charge on any atom is 0.472 e. The fourth-order valence-electron chi connectivity index (χ4n) is 10.8. The van der Waals surface area contributed by atoms with Gasteiger partial charge in [-0.3, -0.25) is 37.3 Å². The van der Waals surface area contributed by atoms with Crippen molar-refractivity contribution in [3.05, 3.63) is 85.1 Å². The lowest BCUT2D eigenvalue weighted by atomic mass is 10.0. The smallest absolute Gasteiger partial charge is 0.462 e. The van der Waals surface area contributed by atoms with Crippen LogP contribution >= 0.6 is 15.6 Å². The van der Waals surface area contributed by atoms with Crippen molar-refractivity contribution >= 4 is 39.5 Å². The van der Waals surface area contributed by atoms with Gasteiger partial charge in [-0.05, 0) is 122 Å². The summed E-state index contributed by atoms with van der Waals surface area (Å²) < 4.78 is 68.5. The van der Waals surface area contributed by atoms with Gasteiger partial charge in [0.15, 0.2) is 12.2 Å². The number of aliphatic hydroxyl groups excluding tert-OH is 1. The van der Waals surface area contributed by atoms with E-state index in [9.17, 15) is 43.2 Å². The second-order valence-corrected chi connectivity index (χ2v) is 29.5. The van der Waals surface area contributed by atoms with E-state index in [1.165, 1.54) is 116 Å². The molecule has 0 rings (SSSR count). The van der Waals surface area contributed by atoms with E-state index < -0.39 is 97.5 Å². The van der Waals surface area contributed by atoms with Crippen molar-refractivity contribution in [2.75, 3.05) is 39.6 Å². The molecule has 0 amide bonds. The topological polar surface area (TPSA) is 237 Å². The van der Waals surface area contributed by atoms with E-state index in [1.54, 1.807) is 0 Å². The number of carbonyl (C=O) groups is 4. The first-order valence-corrected chi connectivity index (χ1v) is 42.8. The minimum Gasteiger partial charge on any atom is -0.462 e. The van der Waals surface area contributed by atoms with Crippen molar-refractivity contribution < 1.29 is 80.2 Å². The number of hydrogen-bond acceptors (Lipinski definition) is 15. The molecule has 0 bridgehead atoms. The van der Waals surface area contributed by atoms with Crippen molar-refractivity contribution in [1.29, 1.82) is 0 Å². The predicted octanol–water partition coefficient (Wildman–Crippen LogP) is 23.0. The van der Waals surface area contributed by atoms with Crippen molar-refractivity contribution in [2.24, 2.45) is 0 Å². The van der Waals surface area contributed by atoms with E-state index in [2.05, 4.69) is 113 Å². The van der Waals surface area contributed by atoms with Gasteiger partial charge in [0.2, 0.25) is 0 Å². The number of unbranched alkanes of at least 4 members (excludes halogenated alkanes) is 35. The van der Waals surface area contributed by atoms with Gasteiger partial charge in [0, 0.05) is 25.7 Å². The van der Waals surface area contributed by atoms with Crippen molar-refractivity contribution in [1.82, 2.24) is 0 Å². The molecule has 0 spiro atoms. The molecule has 19 heteroatoms. The van der Waals surface area contributed by atoms with Gasteiger partial charge in [0.25, 0.3) is 0 Å². The summed E-state index contributed by atoms with van der Waals surface area (Å²) >= 11 is 0. The zero-order valence-electron chi connectivity index (χ0n) is 63.4. The second-order valence-electron chi connectivity index (χ2n) is 26.6. The lowest BCUT2D eigenvalue weighted by Crippen LogP contribution is -2.30. The standard InChI is InChI=1S/C81H144O17P2/c1-5-9-13-17-21-25-29-33-35-36-37-38-40-44-46-50-54-58-62-66-79(84)92-72-77(98-81(86)68-64-60-56-52-48-42-32-28-24-20-16-12-8-4)74-96-100(89,90)94-70-75(82)69-93-99(87,88)95-73-76(97-80(85)67-63-59-55-51-47-41-31-27-23-19-15-11-7-3)71-91-78(83)65-61-57-53-49-45-43-39-34-30-26-22-18-14-10-6-2/h9,13,21,25,28,32-35,37-39,44,46,75-77,82H,5-8,10-12,14-20,22-24,26-27,29-31,36,40-43,45,47-74H2,1-4H3,(H,87,88)(H,89,90)/b13-9-,25-21-,32-28-,35-33-,38-37-,39-34-,46-44-. The molecule has 0 fully saturated rings. The van der Waals surface area contributed by atoms with Gasteiger partial charge in [-0.25, -0.2) is 9.13 Å². The second kappa shape index (κ2) is 73.5. The quantitative estimate of drug-likeness (QED) is 0.0169. The number of hydrogen-bond donors (Lipinski definition) is 3. The van der Waals surface area contributed by atoms with E-state index in [4.69, 9.17) is 37.0 Å². The van der Waals surface area contributed by atoms with Gasteiger partial charge < -0.3 is 33.8 Å². The molecule has 0 aliphatic rings. The molecular formula is C81H144O17P2. The number of allylic oxidation sites excluding steroid dienone is 14. The van der Waals surface area contributed by atoms with E-state index in [0.29, 0.717) is 25.7 Å². The molecule has 5 unspecified atom stereocenters. The Morgan fingerprint density at radius 1 is 0.290 bits per heavy atom. The Labute approximate surface area is 608 Å². The van der Waals surface area contributed by atoms with Crippen LogP contribution in [0.2, 0.25) is 0 Å². The fourth-order valence-corrected chi connectivity index (χ4v) is 12.3. The van der Waals surface area contributed by atoms with Gasteiger partial charge in [0.05, 0.1) is 26.4 Å². The summed E-state index contributed by atoms with van der Waals surface area (Å²) in [5.74, 6) is -2.21. The summed E-state index contributed by atoms with van der Waals surface area (Å²) in [5.41, 5.74) is 0. The molecule has 0 saturated heterocycles. The lowest BCUT2D eigenvalue weighted by Gasteiger charge is -2.21. The van der Waals surface area contributed by atoms with E-state index in [-0.39, 0.29) is 25.7 Å². The largest absolute Gasteiger partial charge is 0.472 e. The number of aliphatic hydroxyl groups is 1. The Balaban J connectivity index is 5.35. The molecule has 0 aliphatic heterocycles. The van der Waals surface area contributed by atoms with Crippen LogP contribution in [0.3, 0.4) is 0 Å². The van der Waals surface area contributed by atoms with Crippen molar-refractivity contribution in [2.45, 2.75) is 367 Å². The first-order chi connectivity index (χ1) is 48.7. The van der Waals surface area contributed by atoms with Crippen molar-refractivity contribution in [3.8, 4) is 0 Å². The van der Waals surface area contributed by atoms with Crippen LogP contribution in [0.4, 0.5) is 0 Å². The Kier molecular flexibility index (Phi) is 70.8. The van der Waals surface area contributed by atoms with E-state index >= 15 is 0 Å². The fraction of sp³-hybridized carbons (Fsp3) is 0.778. The van der Waals surface area contributed by atoms with Crippen LogP contribution in [0, 0.1) is 0 Å². The molecule has 0 saturated carbocycles. The SMILES string of the molecule is CC/C=C\C/C=C\C/C=C\C/C=C\C/C=C\CCCCCC(=O)OCC(COP(=O)(O)OCC(O)COP(=O)(O)OCC(COC(=O)CCCCCCC/C=C\CCCCCCCC)OC(=O)CCCCCCCCCCCCCCC)OC(=O)CCCCCCC/C=C\CCCCCC. The van der Waals surface area contributed by atoms with Gasteiger partial charge in [-0.15, -0.1) is 0 Å². The van der Waals surface area contributed by atoms with Crippen LogP contribution in [0.1, 0.15) is 349 Å². The highest BCUT2D eigenvalue weighted by Gasteiger charge is 2.30. The first-order valence-electron chi connectivity index (χ1n) is 39.8. The van der Waals surface area contributed by atoms with Gasteiger partial charge in [-0.1, -0.05) is 286 Å². The van der Waals surface area contributed by atoms with Crippen LogP contribution in [-0.4, -0.2) is 96.7 Å². The van der Waals surface area contributed by atoms with Crippen LogP contribution < -0.4 is 0 Å². The first kappa shape index (κ1) is 96.2. The Hall–Kier alpha value is -3.76. The molecule has 5 atom stereocenters. The van der Waals surface area contributed by atoms with Crippen LogP contribution in [0.25, 0.3) is 0 Å². The average molecular weight is 1450 g/mol. The number of carbonyl (C=O) groups excluding carboxylic acids is 4. The van der Waals surface area contributed by atoms with E-state index in [1.807, 2.05) is 0 Å². The van der Waals surface area contributed by atoms with Gasteiger partial charge >= 0.3 is 39.5 Å². The Morgan fingerprint density at radius 3 is 0.830 bits per heavy atom. The molecule has 0 aliphatic carbocycles. The number of rotatable bonds is 75. The third kappa shape index (κ3) is 72.6. The van der Waals surface area contributed by atoms with Crippen LogP contribution in [0.15, 0.2) is 85.1 Å². The summed E-state index contributed by atoms with van der Waals surface area (Å²) in [6, 6.07) is 0. The highest BCUT2D eigenvalue weighted by Crippen LogP contribution is 2.45. The minimum absolute atomic E-state index is 0.0783. The molecule has 0 aromatic rings. The summed E-state index contributed by atoms with van der Waals surface area (Å²) in [7, 11) is -9.95. The molecule has 0 aromatic carbocycles. The molecular weight excluding hydrogens is 1310 g/mol. The summed E-state index contributed by atoms with van der Waals surface area (Å²) in [5, 5.41) is 10.6. The van der Waals surface area contributed by atoms with E-state index in [0.717, 1.165) is 154 Å². The molecule has 0 radical (unpaired) electrons. The third-order valence-corrected chi connectivity index (χ3v) is 18.7. The monoisotopic (exact) mass is 1450 g/mol. The maximum absolute atomic E-state index is 13.1. The summed E-state index contributed by atoms with van der Waals surface area (Å²) in [6.45, 7) is 4.73. The van der Waals surface area contributed by atoms with Crippen LogP contribution in [-0.2, 0) is 65.4 Å². The van der Waals surface area contributed by atoms with Crippen molar-refractivity contribution in [3.63, 3.8) is 0 Å². The number of phosphoric ester groups is 2. The third-order valence-electron chi connectivity index (χ3n) is 16.8. The van der Waals surface area contributed by atoms with Gasteiger partial charge in [-0.2, -0.15) is 0 Å². The zero-order valence-corrected chi connectivity index (χ0v) is 65.2. The molecule has 0 heterocycles. The molecule has 0 aromatic heterocycles. The minimum atomic E-state index is -4.98. The summed E-state index contributed by atoms with van der Waals surface area (Å²) in [4.78, 5) is 72.9. The highest BCUT2D eigenvalue weighted by atomic mass is 31.2. The Bertz CT molecular complexity index is 2230. The molecule has 3 N–H and O–H groups in total. The van der Waals surface area contributed by atoms with Gasteiger partial charge in [0.1, 0.15) is 19.3 Å². The zero-order chi connectivity index (χ0) is 73.2. The normalized spacial score (nSPS) is 14.3. The van der Waals surface area contributed by atoms with Crippen LogP contribution in [0.5, 0.6) is 0 Å². The lowest BCUT2D eigenvalue weighted by molar-refractivity contribution is -0.161. The molecule has 17 nitrogen and oxygen atoms in total. The predicted molar refractivity (Wildman–Crippen MR) is 409 cm³/mol. The summed E-state index contributed by atoms with van der Waals surface area (Å²) in [6.07, 6.45) is 75.6. The highest BCUT2D eigenvalue weighted by molar-refractivity contribution is 7.47. The molecule has 580 valence electrons. The number of phosphoric acid groups is 2. The number of ether oxygens (including phenoxy) is 4. The Morgan fingerprint density at radius 2 is 0.520 bits per heavy atom.